The van der Waals surface area contributed by atoms with Gasteiger partial charge in [0.05, 0.1) is 7.05 Å². The summed E-state index contributed by atoms with van der Waals surface area (Å²) in [7, 11) is 1.78. The van der Waals surface area contributed by atoms with E-state index in [9.17, 15) is 4.79 Å². The number of nitrogens with zero attached hydrogens (tertiary/aromatic N) is 6. The van der Waals surface area contributed by atoms with E-state index in [-0.39, 0.29) is 0 Å². The van der Waals surface area contributed by atoms with Gasteiger partial charge >= 0.3 is 0 Å². The lowest BCUT2D eigenvalue weighted by Crippen LogP contribution is -2.54. The van der Waals surface area contributed by atoms with Crippen molar-refractivity contribution in [3.63, 3.8) is 0 Å². The molecule has 41 heavy (non-hydrogen) atoms. The highest BCUT2D eigenvalue weighted by Gasteiger charge is 2.29. The Morgan fingerprint density at radius 2 is 1.73 bits per heavy atom. The standard InChI is InChI=1S/C31H37N9O/c1-39-37-31(36-38-39)21-11-13-26(14-12-21)40-17-5-8-25(20-40)34-27-9-2-3-10-28(27)35-29-19-23(15-16-33-29)22-6-4-7-24(18-22)30(32)41/h4,6-7,11-16,18-19,25,27-28,34H,2-3,5,8-10,17,20H2,1H3,(H2,32,41)(H,33,35)/t25-,27+,28+/m0/s1. The van der Waals surface area contributed by atoms with E-state index in [0.717, 1.165) is 54.9 Å². The Hall–Kier alpha value is -4.31. The van der Waals surface area contributed by atoms with Gasteiger partial charge in [0.25, 0.3) is 0 Å². The van der Waals surface area contributed by atoms with Crippen molar-refractivity contribution in [3.05, 3.63) is 72.4 Å². The Morgan fingerprint density at radius 3 is 2.51 bits per heavy atom. The van der Waals surface area contributed by atoms with Crippen LogP contribution in [0.4, 0.5) is 11.5 Å². The summed E-state index contributed by atoms with van der Waals surface area (Å²) in [5.74, 6) is 1.08. The summed E-state index contributed by atoms with van der Waals surface area (Å²) in [4.78, 5) is 20.2. The van der Waals surface area contributed by atoms with Gasteiger partial charge in [-0.25, -0.2) is 4.98 Å². The number of tetrazole rings is 1. The number of pyridine rings is 1. The number of nitrogens with one attached hydrogen (secondary N) is 2. The van der Waals surface area contributed by atoms with Crippen LogP contribution >= 0.6 is 0 Å². The summed E-state index contributed by atoms with van der Waals surface area (Å²) in [6.07, 6.45) is 8.85. The number of anilines is 2. The third-order valence-corrected chi connectivity index (χ3v) is 8.21. The molecule has 10 heteroatoms. The minimum absolute atomic E-state index is 0.303. The van der Waals surface area contributed by atoms with Crippen LogP contribution in [0.5, 0.6) is 0 Å². The Morgan fingerprint density at radius 1 is 0.927 bits per heavy atom. The van der Waals surface area contributed by atoms with E-state index < -0.39 is 5.91 Å². The maximum atomic E-state index is 11.7. The number of hydrogen-bond acceptors (Lipinski definition) is 8. The van der Waals surface area contributed by atoms with E-state index in [1.54, 1.807) is 13.1 Å². The lowest BCUT2D eigenvalue weighted by molar-refractivity contribution is 0.100. The van der Waals surface area contributed by atoms with E-state index >= 15 is 0 Å². The van der Waals surface area contributed by atoms with Crippen molar-refractivity contribution in [1.29, 1.82) is 0 Å². The molecule has 1 saturated heterocycles. The van der Waals surface area contributed by atoms with Crippen LogP contribution in [0.3, 0.4) is 0 Å². The molecule has 0 bridgehead atoms. The largest absolute Gasteiger partial charge is 0.370 e. The first kappa shape index (κ1) is 26.9. The van der Waals surface area contributed by atoms with Crippen LogP contribution in [0.15, 0.2) is 66.9 Å². The van der Waals surface area contributed by atoms with Gasteiger partial charge < -0.3 is 21.3 Å². The molecular weight excluding hydrogens is 514 g/mol. The molecule has 1 aliphatic carbocycles. The molecule has 2 fully saturated rings. The number of aromatic nitrogens is 5. The number of rotatable bonds is 8. The van der Waals surface area contributed by atoms with Crippen molar-refractivity contribution < 1.29 is 4.79 Å². The monoisotopic (exact) mass is 551 g/mol. The number of aryl methyl sites for hydroxylation is 1. The summed E-state index contributed by atoms with van der Waals surface area (Å²) in [6, 6.07) is 21.0. The molecule has 1 saturated carbocycles. The molecule has 10 nitrogen and oxygen atoms in total. The third-order valence-electron chi connectivity index (χ3n) is 8.21. The normalized spacial score (nSPS) is 21.0. The molecule has 0 unspecified atom stereocenters. The van der Waals surface area contributed by atoms with Crippen LogP contribution in [0, 0.1) is 0 Å². The van der Waals surface area contributed by atoms with Crippen LogP contribution in [-0.2, 0) is 7.05 Å². The molecule has 6 rings (SSSR count). The second-order valence-corrected chi connectivity index (χ2v) is 11.1. The molecule has 3 heterocycles. The number of piperidine rings is 1. The number of benzene rings is 2. The van der Waals surface area contributed by atoms with Crippen molar-refractivity contribution in [2.75, 3.05) is 23.3 Å². The van der Waals surface area contributed by atoms with Crippen LogP contribution in [0.25, 0.3) is 22.5 Å². The molecule has 4 aromatic rings. The van der Waals surface area contributed by atoms with E-state index in [1.807, 2.05) is 30.5 Å². The molecular formula is C31H37N9O. The van der Waals surface area contributed by atoms with E-state index in [2.05, 4.69) is 66.3 Å². The number of carbonyl (C=O) groups is 1. The van der Waals surface area contributed by atoms with Crippen molar-refractivity contribution in [1.82, 2.24) is 30.5 Å². The minimum Gasteiger partial charge on any atom is -0.370 e. The van der Waals surface area contributed by atoms with Crippen LogP contribution in [-0.4, -0.2) is 62.3 Å². The second-order valence-electron chi connectivity index (χ2n) is 11.1. The molecule has 212 valence electrons. The molecule has 4 N–H and O–H groups in total. The van der Waals surface area contributed by atoms with E-state index in [0.29, 0.717) is 29.5 Å². The zero-order valence-electron chi connectivity index (χ0n) is 23.4. The van der Waals surface area contributed by atoms with Gasteiger partial charge in [0.1, 0.15) is 5.82 Å². The average molecular weight is 552 g/mol. The van der Waals surface area contributed by atoms with Crippen molar-refractivity contribution >= 4 is 17.4 Å². The molecule has 2 aromatic carbocycles. The first-order chi connectivity index (χ1) is 20.0. The van der Waals surface area contributed by atoms with Gasteiger partial charge in [-0.1, -0.05) is 25.0 Å². The molecule has 1 aliphatic heterocycles. The summed E-state index contributed by atoms with van der Waals surface area (Å²) in [5, 5.41) is 20.1. The molecule has 2 aromatic heterocycles. The third kappa shape index (κ3) is 6.38. The van der Waals surface area contributed by atoms with E-state index in [4.69, 9.17) is 5.73 Å². The topological polar surface area (TPSA) is 127 Å². The lowest BCUT2D eigenvalue weighted by atomic mass is 9.89. The predicted octanol–water partition coefficient (Wildman–Crippen LogP) is 4.02. The first-order valence-corrected chi connectivity index (χ1v) is 14.5. The summed E-state index contributed by atoms with van der Waals surface area (Å²) < 4.78 is 0. The Bertz CT molecular complexity index is 1480. The fourth-order valence-corrected chi connectivity index (χ4v) is 6.11. The number of hydrogen-bond donors (Lipinski definition) is 3. The van der Waals surface area contributed by atoms with Gasteiger partial charge in [-0.05, 0) is 90.6 Å². The first-order valence-electron chi connectivity index (χ1n) is 14.5. The van der Waals surface area contributed by atoms with Gasteiger partial charge in [0.2, 0.25) is 11.7 Å². The summed E-state index contributed by atoms with van der Waals surface area (Å²) in [5.41, 5.74) is 10.2. The average Bonchev–Trinajstić information content (AvgIpc) is 3.45. The smallest absolute Gasteiger partial charge is 0.248 e. The highest BCUT2D eigenvalue weighted by molar-refractivity contribution is 5.94. The number of amides is 1. The fraction of sp³-hybridized carbons (Fsp3) is 0.387. The Kier molecular flexibility index (Phi) is 7.91. The van der Waals surface area contributed by atoms with Gasteiger partial charge in [0.15, 0.2) is 0 Å². The van der Waals surface area contributed by atoms with Crippen LogP contribution in [0.1, 0.15) is 48.9 Å². The number of nitrogens with two attached hydrogens (primary N) is 1. The Labute approximate surface area is 240 Å². The van der Waals surface area contributed by atoms with Crippen molar-refractivity contribution in [3.8, 4) is 22.5 Å². The zero-order chi connectivity index (χ0) is 28.2. The van der Waals surface area contributed by atoms with Crippen molar-refractivity contribution in [2.24, 2.45) is 12.8 Å². The second kappa shape index (κ2) is 12.1. The van der Waals surface area contributed by atoms with Crippen molar-refractivity contribution in [2.45, 2.75) is 56.7 Å². The highest BCUT2D eigenvalue weighted by Crippen LogP contribution is 2.28. The maximum Gasteiger partial charge on any atom is 0.248 e. The summed E-state index contributed by atoms with van der Waals surface area (Å²) in [6.45, 7) is 2.04. The van der Waals surface area contributed by atoms with Crippen LogP contribution < -0.4 is 21.3 Å². The molecule has 0 spiro atoms. The Balaban J connectivity index is 1.10. The van der Waals surface area contributed by atoms with Gasteiger partial charge in [-0.2, -0.15) is 4.80 Å². The SMILES string of the molecule is Cn1nnc(-c2ccc(N3CCC[C@H](N[C@@H]4CCCC[C@H]4Nc4cc(-c5cccc(C(N)=O)c5)ccn4)C3)cc2)n1. The van der Waals surface area contributed by atoms with Gasteiger partial charge in [-0.3, -0.25) is 4.79 Å². The number of primary amides is 1. The fourth-order valence-electron chi connectivity index (χ4n) is 6.11. The quantitative estimate of drug-likeness (QED) is 0.300. The molecule has 2 aliphatic rings. The highest BCUT2D eigenvalue weighted by atomic mass is 16.1. The molecule has 1 amide bonds. The maximum absolute atomic E-state index is 11.7. The van der Waals surface area contributed by atoms with Gasteiger partial charge in [-0.15, -0.1) is 10.2 Å². The van der Waals surface area contributed by atoms with Crippen LogP contribution in [0.2, 0.25) is 0 Å². The van der Waals surface area contributed by atoms with Gasteiger partial charge in [0, 0.05) is 54.2 Å². The lowest BCUT2D eigenvalue weighted by Gasteiger charge is -2.40. The number of carbonyl (C=O) groups excluding carboxylic acids is 1. The minimum atomic E-state index is -0.423. The summed E-state index contributed by atoms with van der Waals surface area (Å²) >= 11 is 0. The molecule has 0 radical (unpaired) electrons. The zero-order valence-corrected chi connectivity index (χ0v) is 23.4. The van der Waals surface area contributed by atoms with E-state index in [1.165, 1.54) is 29.7 Å². The molecule has 3 atom stereocenters. The predicted molar refractivity (Wildman–Crippen MR) is 160 cm³/mol.